The zero-order valence-corrected chi connectivity index (χ0v) is 23.7. The minimum absolute atomic E-state index is 0.0508. The molecule has 0 saturated carbocycles. The van der Waals surface area contributed by atoms with E-state index in [0.717, 1.165) is 29.5 Å². The molecule has 5 rings (SSSR count). The molecule has 0 spiro atoms. The third-order valence-corrected chi connectivity index (χ3v) is 7.65. The Hall–Kier alpha value is -4.24. The molecule has 0 unspecified atom stereocenters. The fraction of sp³-hybridized carbons (Fsp3) is 0.250. The summed E-state index contributed by atoms with van der Waals surface area (Å²) in [6.45, 7) is 2.01. The molecule has 6 nitrogen and oxygen atoms in total. The van der Waals surface area contributed by atoms with Gasteiger partial charge in [0, 0.05) is 34.9 Å². The van der Waals surface area contributed by atoms with Crippen molar-refractivity contribution in [3.05, 3.63) is 111 Å². The molecule has 0 bridgehead atoms. The normalized spacial score (nSPS) is 17.0. The standard InChI is InChI=1S/C32H28ClF3N2O4/c1-18-28(31(40)38-24-16-21(32(34,35)36)12-13-22(24)33)29(30-23(37-18)9-6-10-25(30)39)20-11-14-26(27(15-20)41-2)42-17-19-7-4-3-5-8-19/h3-5,7-8,11-16,29,37H,6,9-10,17H2,1-2H3,(H,38,40)/t29-/m1/s1. The molecule has 42 heavy (non-hydrogen) atoms. The van der Waals surface area contributed by atoms with Crippen molar-refractivity contribution in [1.29, 1.82) is 0 Å². The van der Waals surface area contributed by atoms with Gasteiger partial charge in [-0.25, -0.2) is 0 Å². The summed E-state index contributed by atoms with van der Waals surface area (Å²) < 4.78 is 51.8. The van der Waals surface area contributed by atoms with Crippen molar-refractivity contribution in [3.63, 3.8) is 0 Å². The Morgan fingerprint density at radius 2 is 1.81 bits per heavy atom. The van der Waals surface area contributed by atoms with E-state index in [-0.39, 0.29) is 22.1 Å². The minimum Gasteiger partial charge on any atom is -0.493 e. The average Bonchev–Trinajstić information content (AvgIpc) is 2.96. The molecule has 1 atom stereocenters. The van der Waals surface area contributed by atoms with E-state index in [2.05, 4.69) is 10.6 Å². The van der Waals surface area contributed by atoms with Crippen LogP contribution in [0.15, 0.2) is 89.3 Å². The monoisotopic (exact) mass is 596 g/mol. The van der Waals surface area contributed by atoms with Crippen LogP contribution < -0.4 is 20.1 Å². The van der Waals surface area contributed by atoms with Crippen molar-refractivity contribution < 1.29 is 32.2 Å². The molecule has 10 heteroatoms. The lowest BCUT2D eigenvalue weighted by Crippen LogP contribution is -2.35. The van der Waals surface area contributed by atoms with E-state index in [1.54, 1.807) is 25.1 Å². The molecular weight excluding hydrogens is 569 g/mol. The predicted molar refractivity (Wildman–Crippen MR) is 153 cm³/mol. The van der Waals surface area contributed by atoms with Crippen LogP contribution in [0.2, 0.25) is 5.02 Å². The topological polar surface area (TPSA) is 76.7 Å². The number of rotatable bonds is 7. The number of nitrogens with one attached hydrogen (secondary N) is 2. The molecule has 1 aliphatic carbocycles. The van der Waals surface area contributed by atoms with E-state index in [4.69, 9.17) is 21.1 Å². The number of halogens is 4. The van der Waals surface area contributed by atoms with Gasteiger partial charge in [0.15, 0.2) is 17.3 Å². The van der Waals surface area contributed by atoms with Gasteiger partial charge < -0.3 is 20.1 Å². The van der Waals surface area contributed by atoms with E-state index in [9.17, 15) is 22.8 Å². The Kier molecular flexibility index (Phi) is 8.31. The fourth-order valence-corrected chi connectivity index (χ4v) is 5.49. The summed E-state index contributed by atoms with van der Waals surface area (Å²) in [6, 6.07) is 17.6. The summed E-state index contributed by atoms with van der Waals surface area (Å²) in [5.74, 6) is -0.696. The van der Waals surface area contributed by atoms with Gasteiger partial charge in [-0.3, -0.25) is 9.59 Å². The van der Waals surface area contributed by atoms with Gasteiger partial charge in [-0.1, -0.05) is 48.0 Å². The zero-order valence-electron chi connectivity index (χ0n) is 22.9. The number of methoxy groups -OCH3 is 1. The number of hydrogen-bond donors (Lipinski definition) is 2. The molecule has 1 aliphatic heterocycles. The van der Waals surface area contributed by atoms with Gasteiger partial charge in [0.25, 0.3) is 5.91 Å². The van der Waals surface area contributed by atoms with Crippen LogP contribution in [0, 0.1) is 0 Å². The number of amides is 1. The number of anilines is 1. The Morgan fingerprint density at radius 1 is 1.05 bits per heavy atom. The number of ether oxygens (including phenoxy) is 2. The Bertz CT molecular complexity index is 1600. The number of dihydropyridines is 1. The first-order chi connectivity index (χ1) is 20.1. The second-order valence-corrected chi connectivity index (χ2v) is 10.5. The van der Waals surface area contributed by atoms with Crippen molar-refractivity contribution in [2.45, 2.75) is 44.9 Å². The lowest BCUT2D eigenvalue weighted by molar-refractivity contribution is -0.137. The molecule has 0 saturated heterocycles. The number of alkyl halides is 3. The largest absolute Gasteiger partial charge is 0.493 e. The zero-order chi connectivity index (χ0) is 30.0. The van der Waals surface area contributed by atoms with Gasteiger partial charge in [-0.15, -0.1) is 0 Å². The summed E-state index contributed by atoms with van der Waals surface area (Å²) in [5.41, 5.74) is 2.29. The smallest absolute Gasteiger partial charge is 0.416 e. The van der Waals surface area contributed by atoms with Crippen molar-refractivity contribution in [2.24, 2.45) is 0 Å². The number of hydrogen-bond acceptors (Lipinski definition) is 5. The molecule has 1 amide bonds. The van der Waals surface area contributed by atoms with Gasteiger partial charge in [-0.05, 0) is 61.2 Å². The third-order valence-electron chi connectivity index (χ3n) is 7.32. The van der Waals surface area contributed by atoms with E-state index in [1.165, 1.54) is 7.11 Å². The molecule has 2 N–H and O–H groups in total. The van der Waals surface area contributed by atoms with E-state index < -0.39 is 23.6 Å². The summed E-state index contributed by atoms with van der Waals surface area (Å²) >= 11 is 6.18. The summed E-state index contributed by atoms with van der Waals surface area (Å²) in [6.07, 6.45) is -3.01. The number of carbonyl (C=O) groups is 2. The maximum atomic E-state index is 13.8. The van der Waals surface area contributed by atoms with Gasteiger partial charge in [0.2, 0.25) is 0 Å². The van der Waals surface area contributed by atoms with Crippen LogP contribution in [0.4, 0.5) is 18.9 Å². The molecule has 0 fully saturated rings. The average molecular weight is 597 g/mol. The second-order valence-electron chi connectivity index (χ2n) is 10.1. The number of allylic oxidation sites excluding steroid dienone is 3. The van der Waals surface area contributed by atoms with E-state index >= 15 is 0 Å². The van der Waals surface area contributed by atoms with Crippen LogP contribution in [-0.2, 0) is 22.4 Å². The van der Waals surface area contributed by atoms with Crippen LogP contribution in [0.25, 0.3) is 0 Å². The third kappa shape index (κ3) is 6.01. The number of ketones is 1. The molecule has 0 radical (unpaired) electrons. The van der Waals surface area contributed by atoms with Crippen molar-refractivity contribution in [3.8, 4) is 11.5 Å². The SMILES string of the molecule is COc1cc([C@@H]2C(C(=O)Nc3cc(C(F)(F)F)ccc3Cl)=C(C)NC3=C2C(=O)CCC3)ccc1OCc1ccccc1. The molecule has 1 heterocycles. The van der Waals surface area contributed by atoms with Gasteiger partial charge in [-0.2, -0.15) is 13.2 Å². The number of benzene rings is 3. The Morgan fingerprint density at radius 3 is 2.52 bits per heavy atom. The van der Waals surface area contributed by atoms with Gasteiger partial charge >= 0.3 is 6.18 Å². The first-order valence-electron chi connectivity index (χ1n) is 13.3. The van der Waals surface area contributed by atoms with Crippen LogP contribution in [0.3, 0.4) is 0 Å². The molecule has 3 aromatic rings. The number of carbonyl (C=O) groups excluding carboxylic acids is 2. The highest BCUT2D eigenvalue weighted by Crippen LogP contribution is 2.45. The highest BCUT2D eigenvalue weighted by molar-refractivity contribution is 6.34. The number of Topliss-reactive ketones (excluding diaryl/α,β-unsaturated/α-hetero) is 1. The predicted octanol–water partition coefficient (Wildman–Crippen LogP) is 7.55. The van der Waals surface area contributed by atoms with Crippen molar-refractivity contribution in [2.75, 3.05) is 12.4 Å². The molecule has 3 aromatic carbocycles. The summed E-state index contributed by atoms with van der Waals surface area (Å²) in [5, 5.41) is 5.70. The van der Waals surface area contributed by atoms with Crippen LogP contribution >= 0.6 is 11.6 Å². The van der Waals surface area contributed by atoms with Crippen LogP contribution in [-0.4, -0.2) is 18.8 Å². The maximum Gasteiger partial charge on any atom is 0.416 e. The fourth-order valence-electron chi connectivity index (χ4n) is 5.32. The van der Waals surface area contributed by atoms with Crippen LogP contribution in [0.1, 0.15) is 48.8 Å². The second kappa shape index (κ2) is 11.9. The van der Waals surface area contributed by atoms with Gasteiger partial charge in [0.05, 0.1) is 23.4 Å². The minimum atomic E-state index is -4.62. The lowest BCUT2D eigenvalue weighted by atomic mass is 9.75. The van der Waals surface area contributed by atoms with Crippen molar-refractivity contribution in [1.82, 2.24) is 5.32 Å². The van der Waals surface area contributed by atoms with Crippen LogP contribution in [0.5, 0.6) is 11.5 Å². The summed E-state index contributed by atoms with van der Waals surface area (Å²) in [7, 11) is 1.50. The highest BCUT2D eigenvalue weighted by atomic mass is 35.5. The summed E-state index contributed by atoms with van der Waals surface area (Å²) in [4.78, 5) is 27.1. The molecule has 2 aliphatic rings. The Labute approximate surface area is 246 Å². The molecule has 218 valence electrons. The molecular formula is C32H28ClF3N2O4. The quantitative estimate of drug-likeness (QED) is 0.294. The van der Waals surface area contributed by atoms with Gasteiger partial charge in [0.1, 0.15) is 6.61 Å². The maximum absolute atomic E-state index is 13.8. The van der Waals surface area contributed by atoms with Crippen molar-refractivity contribution >= 4 is 29.0 Å². The Balaban J connectivity index is 1.53. The van der Waals surface area contributed by atoms with E-state index in [1.807, 2.05) is 30.3 Å². The first-order valence-corrected chi connectivity index (χ1v) is 13.7. The highest BCUT2D eigenvalue weighted by Gasteiger charge is 2.39. The lowest BCUT2D eigenvalue weighted by Gasteiger charge is -2.34. The van der Waals surface area contributed by atoms with E-state index in [0.29, 0.717) is 54.2 Å². The first kappa shape index (κ1) is 29.3. The molecule has 0 aromatic heterocycles.